The van der Waals surface area contributed by atoms with Crippen LogP contribution in [0.1, 0.15) is 78.1 Å². The lowest BCUT2D eigenvalue weighted by Crippen LogP contribution is -2.47. The van der Waals surface area contributed by atoms with Crippen molar-refractivity contribution in [3.63, 3.8) is 0 Å². The van der Waals surface area contributed by atoms with E-state index in [4.69, 9.17) is 28.4 Å². The third-order valence-corrected chi connectivity index (χ3v) is 8.58. The van der Waals surface area contributed by atoms with Gasteiger partial charge < -0.3 is 33.3 Å². The number of anilines is 1. The summed E-state index contributed by atoms with van der Waals surface area (Å²) in [6.07, 6.45) is 8.22. The van der Waals surface area contributed by atoms with Gasteiger partial charge in [0.05, 0.1) is 6.61 Å². The maximum atomic E-state index is 13.4. The predicted octanol–water partition coefficient (Wildman–Crippen LogP) is 4.69. The van der Waals surface area contributed by atoms with Gasteiger partial charge in [0.2, 0.25) is 0 Å². The number of benzene rings is 1. The molecule has 1 aromatic rings. The first-order valence-corrected chi connectivity index (χ1v) is 14.3. The van der Waals surface area contributed by atoms with Crippen LogP contribution in [0.3, 0.4) is 0 Å². The molecule has 37 heavy (non-hydrogen) atoms. The SMILES string of the molecule is CC(C)N(C(=O)CO[C@@H]1[C@H]2OC3(CCCCC3)O[C@H]2O[C@@H]1C1COC2(CCCCC2)O1)c1ccccc1. The predicted molar refractivity (Wildman–Crippen MR) is 136 cm³/mol. The maximum Gasteiger partial charge on any atom is 0.253 e. The fraction of sp³-hybridized carbons (Fsp3) is 0.759. The molecule has 1 unspecified atom stereocenters. The van der Waals surface area contributed by atoms with Gasteiger partial charge in [0, 0.05) is 37.4 Å². The normalized spacial score (nSPS) is 34.3. The van der Waals surface area contributed by atoms with Crippen molar-refractivity contribution in [3.05, 3.63) is 30.3 Å². The third-order valence-electron chi connectivity index (χ3n) is 8.58. The van der Waals surface area contributed by atoms with Gasteiger partial charge in [-0.05, 0) is 51.7 Å². The Hall–Kier alpha value is -1.55. The first-order valence-electron chi connectivity index (χ1n) is 14.3. The molecule has 8 nitrogen and oxygen atoms in total. The van der Waals surface area contributed by atoms with Gasteiger partial charge >= 0.3 is 0 Å². The van der Waals surface area contributed by atoms with Gasteiger partial charge in [-0.2, -0.15) is 0 Å². The van der Waals surface area contributed by atoms with Gasteiger partial charge in [-0.1, -0.05) is 31.0 Å². The highest BCUT2D eigenvalue weighted by atomic mass is 16.9. The molecule has 8 heteroatoms. The zero-order valence-corrected chi connectivity index (χ0v) is 22.1. The van der Waals surface area contributed by atoms with Crippen LogP contribution in [-0.2, 0) is 33.2 Å². The molecule has 1 aromatic carbocycles. The largest absolute Gasteiger partial charge is 0.363 e. The second-order valence-corrected chi connectivity index (χ2v) is 11.5. The van der Waals surface area contributed by atoms with Crippen molar-refractivity contribution in [1.29, 1.82) is 0 Å². The van der Waals surface area contributed by atoms with Crippen LogP contribution in [0.2, 0.25) is 0 Å². The minimum Gasteiger partial charge on any atom is -0.363 e. The van der Waals surface area contributed by atoms with Crippen LogP contribution < -0.4 is 4.90 Å². The second-order valence-electron chi connectivity index (χ2n) is 11.5. The lowest BCUT2D eigenvalue weighted by molar-refractivity contribution is -0.262. The molecule has 5 atom stereocenters. The summed E-state index contributed by atoms with van der Waals surface area (Å²) >= 11 is 0. The molecule has 204 valence electrons. The molecule has 0 aromatic heterocycles. The van der Waals surface area contributed by atoms with Crippen molar-refractivity contribution >= 4 is 11.6 Å². The van der Waals surface area contributed by atoms with E-state index < -0.39 is 36.2 Å². The van der Waals surface area contributed by atoms with Crippen molar-refractivity contribution in [3.8, 4) is 0 Å². The average Bonchev–Trinajstić information content (AvgIpc) is 3.55. The Labute approximate surface area is 219 Å². The van der Waals surface area contributed by atoms with Crippen LogP contribution in [0, 0.1) is 0 Å². The lowest BCUT2D eigenvalue weighted by atomic mass is 9.94. The molecule has 0 N–H and O–H groups in total. The maximum absolute atomic E-state index is 13.4. The summed E-state index contributed by atoms with van der Waals surface area (Å²) in [4.78, 5) is 15.2. The number of carbonyl (C=O) groups is 1. The van der Waals surface area contributed by atoms with E-state index >= 15 is 0 Å². The smallest absolute Gasteiger partial charge is 0.253 e. The standard InChI is InChI=1S/C29H41NO7/c1-20(2)30(21-12-6-3-7-13-21)23(31)19-32-25-24(22-18-33-28(35-22)14-8-4-9-15-28)34-27-26(25)36-29(37-27)16-10-5-11-17-29/h3,6-7,12-13,20,22,24-27H,4-5,8-11,14-19H2,1-2H3/t22?,24-,25+,26-,27-/m1/s1. The van der Waals surface area contributed by atoms with Crippen molar-refractivity contribution < 1.29 is 33.2 Å². The summed E-state index contributed by atoms with van der Waals surface area (Å²) < 4.78 is 38.6. The highest BCUT2D eigenvalue weighted by Gasteiger charge is 2.61. The number of amides is 1. The van der Waals surface area contributed by atoms with E-state index in [0.717, 1.165) is 57.1 Å². The van der Waals surface area contributed by atoms with Crippen molar-refractivity contribution in [1.82, 2.24) is 0 Å². The number of nitrogens with zero attached hydrogens (tertiary/aromatic N) is 1. The van der Waals surface area contributed by atoms with E-state index in [0.29, 0.717) is 6.61 Å². The summed E-state index contributed by atoms with van der Waals surface area (Å²) in [5, 5.41) is 0. The number of rotatable bonds is 6. The fourth-order valence-electron chi connectivity index (χ4n) is 6.82. The number of hydrogen-bond acceptors (Lipinski definition) is 7. The molecule has 6 rings (SSSR count). The fourth-order valence-corrected chi connectivity index (χ4v) is 6.82. The third kappa shape index (κ3) is 5.09. The van der Waals surface area contributed by atoms with E-state index in [9.17, 15) is 4.79 Å². The summed E-state index contributed by atoms with van der Waals surface area (Å²) in [7, 11) is 0. The second kappa shape index (κ2) is 10.5. The van der Waals surface area contributed by atoms with Crippen molar-refractivity contribution in [2.75, 3.05) is 18.1 Å². The molecule has 5 fully saturated rings. The van der Waals surface area contributed by atoms with E-state index in [1.54, 1.807) is 4.90 Å². The molecule has 1 amide bonds. The van der Waals surface area contributed by atoms with E-state index in [1.807, 2.05) is 44.2 Å². The summed E-state index contributed by atoms with van der Waals surface area (Å²) in [6.45, 7) is 4.40. The van der Waals surface area contributed by atoms with Crippen LogP contribution in [0.5, 0.6) is 0 Å². The lowest BCUT2D eigenvalue weighted by Gasteiger charge is -2.36. The summed E-state index contributed by atoms with van der Waals surface area (Å²) in [6, 6.07) is 9.72. The average molecular weight is 516 g/mol. The quantitative estimate of drug-likeness (QED) is 0.544. The van der Waals surface area contributed by atoms with Gasteiger partial charge in [-0.25, -0.2) is 0 Å². The molecule has 3 heterocycles. The number of fused-ring (bicyclic) bond motifs is 1. The molecule has 2 aliphatic carbocycles. The van der Waals surface area contributed by atoms with Crippen LogP contribution in [0.4, 0.5) is 5.69 Å². The van der Waals surface area contributed by atoms with Crippen molar-refractivity contribution in [2.24, 2.45) is 0 Å². The first-order chi connectivity index (χ1) is 18.0. The molecule has 0 bridgehead atoms. The highest BCUT2D eigenvalue weighted by molar-refractivity contribution is 5.94. The zero-order chi connectivity index (χ0) is 25.5. The Balaban J connectivity index is 1.19. The molecule has 2 spiro atoms. The van der Waals surface area contributed by atoms with Gasteiger partial charge in [0.25, 0.3) is 5.91 Å². The van der Waals surface area contributed by atoms with E-state index in [2.05, 4.69) is 0 Å². The van der Waals surface area contributed by atoms with Crippen LogP contribution >= 0.6 is 0 Å². The number of ether oxygens (including phenoxy) is 6. The minimum absolute atomic E-state index is 0.00355. The summed E-state index contributed by atoms with van der Waals surface area (Å²) in [5.74, 6) is -1.21. The minimum atomic E-state index is -0.601. The molecule has 5 aliphatic rings. The molecule has 3 aliphatic heterocycles. The van der Waals surface area contributed by atoms with Crippen molar-refractivity contribution in [2.45, 2.75) is 126 Å². The van der Waals surface area contributed by atoms with Gasteiger partial charge in [-0.15, -0.1) is 0 Å². The Morgan fingerprint density at radius 2 is 1.59 bits per heavy atom. The highest BCUT2D eigenvalue weighted by Crippen LogP contribution is 2.48. The monoisotopic (exact) mass is 515 g/mol. The molecular formula is C29H41NO7. The van der Waals surface area contributed by atoms with Gasteiger partial charge in [-0.3, -0.25) is 4.79 Å². The van der Waals surface area contributed by atoms with Gasteiger partial charge in [0.1, 0.15) is 31.0 Å². The topological polar surface area (TPSA) is 75.7 Å². The van der Waals surface area contributed by atoms with E-state index in [1.165, 1.54) is 12.8 Å². The molecular weight excluding hydrogens is 474 g/mol. The number of carbonyl (C=O) groups excluding carboxylic acids is 1. The Kier molecular flexibility index (Phi) is 7.33. The van der Waals surface area contributed by atoms with Crippen LogP contribution in [0.25, 0.3) is 0 Å². The molecule has 3 saturated heterocycles. The van der Waals surface area contributed by atoms with Gasteiger partial charge in [0.15, 0.2) is 17.9 Å². The molecule has 2 saturated carbocycles. The van der Waals surface area contributed by atoms with Crippen LogP contribution in [-0.4, -0.2) is 67.4 Å². The van der Waals surface area contributed by atoms with Crippen LogP contribution in [0.15, 0.2) is 30.3 Å². The number of hydrogen-bond donors (Lipinski definition) is 0. The van der Waals surface area contributed by atoms with E-state index in [-0.39, 0.29) is 24.7 Å². The Morgan fingerprint density at radius 1 is 0.919 bits per heavy atom. The Bertz CT molecular complexity index is 927. The number of para-hydroxylation sites is 1. The summed E-state index contributed by atoms with van der Waals surface area (Å²) in [5.41, 5.74) is 0.858. The first kappa shape index (κ1) is 25.7. The Morgan fingerprint density at radius 3 is 2.27 bits per heavy atom. The zero-order valence-electron chi connectivity index (χ0n) is 22.1. The molecule has 0 radical (unpaired) electrons.